The number of para-hydroxylation sites is 3. The second kappa shape index (κ2) is 12.6. The van der Waals surface area contributed by atoms with Crippen molar-refractivity contribution in [3.63, 3.8) is 0 Å². The fourth-order valence-electron chi connectivity index (χ4n) is 8.34. The van der Waals surface area contributed by atoms with Gasteiger partial charge in [-0.3, -0.25) is 0 Å². The third-order valence-electron chi connectivity index (χ3n) is 11.0. The van der Waals surface area contributed by atoms with Crippen LogP contribution in [0.2, 0.25) is 0 Å². The molecule has 258 valence electrons. The van der Waals surface area contributed by atoms with Crippen LogP contribution in [0, 0.1) is 0 Å². The summed E-state index contributed by atoms with van der Waals surface area (Å²) in [6.45, 7) is 0. The van der Waals surface area contributed by atoms with E-state index in [4.69, 9.17) is 4.42 Å². The van der Waals surface area contributed by atoms with E-state index >= 15 is 0 Å². The highest BCUT2D eigenvalue weighted by Gasteiger charge is 2.18. The molecule has 0 bridgehead atoms. The first kappa shape index (κ1) is 31.2. The van der Waals surface area contributed by atoms with Gasteiger partial charge in [-0.2, -0.15) is 0 Å². The summed E-state index contributed by atoms with van der Waals surface area (Å²) in [5.41, 5.74) is 13.3. The van der Waals surface area contributed by atoms with Gasteiger partial charge in [0.1, 0.15) is 11.2 Å². The van der Waals surface area contributed by atoms with E-state index in [0.29, 0.717) is 0 Å². The van der Waals surface area contributed by atoms with Gasteiger partial charge < -0.3 is 13.9 Å². The molecular weight excluding hydrogens is 669 g/mol. The summed E-state index contributed by atoms with van der Waals surface area (Å²) in [7, 11) is 0. The van der Waals surface area contributed by atoms with Crippen molar-refractivity contribution < 1.29 is 4.42 Å². The molecule has 0 aliphatic heterocycles. The summed E-state index contributed by atoms with van der Waals surface area (Å²) in [6, 6.07) is 74.0. The summed E-state index contributed by atoms with van der Waals surface area (Å²) < 4.78 is 8.92. The van der Waals surface area contributed by atoms with Crippen LogP contribution in [0.15, 0.2) is 211 Å². The SMILES string of the molecule is c1ccc(-c2ccc(-c3ccc(N(c4cccc(-n5c6ccccc6c6ccccc65)c4)c4ccc5ccc6c7ccccc7oc6c5c4)cc3)cc2)cc1. The molecule has 0 aliphatic carbocycles. The Bertz CT molecular complexity index is 3140. The second-order valence-corrected chi connectivity index (χ2v) is 14.2. The topological polar surface area (TPSA) is 21.3 Å². The summed E-state index contributed by atoms with van der Waals surface area (Å²) >= 11 is 0. The minimum Gasteiger partial charge on any atom is -0.455 e. The Morgan fingerprint density at radius 2 is 0.891 bits per heavy atom. The molecule has 2 heterocycles. The zero-order valence-electron chi connectivity index (χ0n) is 29.9. The molecule has 11 rings (SSSR count). The Hall–Kier alpha value is -7.36. The molecule has 0 atom stereocenters. The quantitative estimate of drug-likeness (QED) is 0.172. The number of aromatic nitrogens is 1. The lowest BCUT2D eigenvalue weighted by molar-refractivity contribution is 0.672. The minimum atomic E-state index is 0.901. The predicted molar refractivity (Wildman–Crippen MR) is 231 cm³/mol. The van der Waals surface area contributed by atoms with E-state index in [0.717, 1.165) is 55.5 Å². The molecule has 11 aromatic rings. The molecule has 0 N–H and O–H groups in total. The van der Waals surface area contributed by atoms with E-state index in [1.54, 1.807) is 0 Å². The largest absolute Gasteiger partial charge is 0.455 e. The van der Waals surface area contributed by atoms with Crippen LogP contribution in [-0.2, 0) is 0 Å². The maximum absolute atomic E-state index is 6.54. The number of anilines is 3. The normalized spacial score (nSPS) is 11.6. The van der Waals surface area contributed by atoms with Gasteiger partial charge in [-0.05, 0) is 94.4 Å². The van der Waals surface area contributed by atoms with E-state index in [1.807, 2.05) is 12.1 Å². The van der Waals surface area contributed by atoms with Crippen molar-refractivity contribution >= 4 is 71.6 Å². The Morgan fingerprint density at radius 3 is 1.60 bits per heavy atom. The van der Waals surface area contributed by atoms with Crippen molar-refractivity contribution in [2.45, 2.75) is 0 Å². The minimum absolute atomic E-state index is 0.901. The molecule has 3 heteroatoms. The predicted octanol–water partition coefficient (Wildman–Crippen LogP) is 14.6. The Morgan fingerprint density at radius 1 is 0.345 bits per heavy atom. The number of rotatable bonds is 6. The van der Waals surface area contributed by atoms with E-state index in [2.05, 4.69) is 204 Å². The highest BCUT2D eigenvalue weighted by atomic mass is 16.3. The number of nitrogens with zero attached hydrogens (tertiary/aromatic N) is 2. The van der Waals surface area contributed by atoms with Crippen molar-refractivity contribution in [1.82, 2.24) is 4.57 Å². The molecule has 3 nitrogen and oxygen atoms in total. The van der Waals surface area contributed by atoms with Crippen molar-refractivity contribution in [1.29, 1.82) is 0 Å². The van der Waals surface area contributed by atoms with Crippen LogP contribution >= 0.6 is 0 Å². The van der Waals surface area contributed by atoms with Crippen LogP contribution in [0.3, 0.4) is 0 Å². The number of hydrogen-bond acceptors (Lipinski definition) is 2. The molecule has 0 unspecified atom stereocenters. The van der Waals surface area contributed by atoms with Crippen LogP contribution in [0.1, 0.15) is 0 Å². The van der Waals surface area contributed by atoms with Gasteiger partial charge in [0.05, 0.1) is 11.0 Å². The van der Waals surface area contributed by atoms with Gasteiger partial charge >= 0.3 is 0 Å². The Labute approximate surface area is 318 Å². The third kappa shape index (κ3) is 5.20. The summed E-state index contributed by atoms with van der Waals surface area (Å²) in [5.74, 6) is 0. The molecule has 0 saturated heterocycles. The lowest BCUT2D eigenvalue weighted by Gasteiger charge is -2.27. The molecule has 9 aromatic carbocycles. The smallest absolute Gasteiger partial charge is 0.143 e. The second-order valence-electron chi connectivity index (χ2n) is 14.2. The van der Waals surface area contributed by atoms with Gasteiger partial charge in [0.2, 0.25) is 0 Å². The standard InChI is InChI=1S/C52H34N2O/c1-2-11-35(12-3-1)36-21-23-37(24-22-36)38-25-29-40(30-26-38)53(43-31-27-39-28-32-47-46-17-6-9-20-51(46)55-52(47)48(39)34-43)41-13-10-14-42(33-41)54-49-18-7-4-15-44(49)45-16-5-8-19-50(45)54/h1-34H. The average Bonchev–Trinajstić information content (AvgIpc) is 3.81. The molecule has 0 radical (unpaired) electrons. The number of hydrogen-bond donors (Lipinski definition) is 0. The molecular formula is C52H34N2O. The highest BCUT2D eigenvalue weighted by molar-refractivity contribution is 6.15. The van der Waals surface area contributed by atoms with Crippen LogP contribution < -0.4 is 4.90 Å². The maximum Gasteiger partial charge on any atom is 0.143 e. The fourth-order valence-corrected chi connectivity index (χ4v) is 8.34. The summed E-state index contributed by atoms with van der Waals surface area (Å²) in [6.07, 6.45) is 0. The van der Waals surface area contributed by atoms with E-state index in [-0.39, 0.29) is 0 Å². The first-order chi connectivity index (χ1) is 27.3. The monoisotopic (exact) mass is 702 g/mol. The van der Waals surface area contributed by atoms with E-state index in [9.17, 15) is 0 Å². The van der Waals surface area contributed by atoms with Crippen LogP contribution in [-0.4, -0.2) is 4.57 Å². The lowest BCUT2D eigenvalue weighted by atomic mass is 10.00. The lowest BCUT2D eigenvalue weighted by Crippen LogP contribution is -2.10. The molecule has 0 amide bonds. The fraction of sp³-hybridized carbons (Fsp3) is 0. The van der Waals surface area contributed by atoms with Crippen molar-refractivity contribution in [2.75, 3.05) is 4.90 Å². The Balaban J connectivity index is 1.07. The molecule has 0 spiro atoms. The average molecular weight is 703 g/mol. The first-order valence-corrected chi connectivity index (χ1v) is 18.8. The number of benzene rings is 9. The van der Waals surface area contributed by atoms with Gasteiger partial charge in [-0.1, -0.05) is 140 Å². The van der Waals surface area contributed by atoms with Gasteiger partial charge in [0, 0.05) is 49.7 Å². The molecule has 0 fully saturated rings. The highest BCUT2D eigenvalue weighted by Crippen LogP contribution is 2.42. The van der Waals surface area contributed by atoms with Crippen molar-refractivity contribution in [2.24, 2.45) is 0 Å². The summed E-state index contributed by atoms with van der Waals surface area (Å²) in [5, 5.41) is 6.98. The van der Waals surface area contributed by atoms with Crippen molar-refractivity contribution in [3.8, 4) is 27.9 Å². The maximum atomic E-state index is 6.54. The summed E-state index contributed by atoms with van der Waals surface area (Å²) in [4.78, 5) is 2.36. The number of fused-ring (bicyclic) bond motifs is 8. The third-order valence-corrected chi connectivity index (χ3v) is 11.0. The molecule has 0 saturated carbocycles. The molecule has 55 heavy (non-hydrogen) atoms. The van der Waals surface area contributed by atoms with Crippen molar-refractivity contribution in [3.05, 3.63) is 206 Å². The molecule has 2 aromatic heterocycles. The zero-order valence-corrected chi connectivity index (χ0v) is 29.9. The van der Waals surface area contributed by atoms with Crippen LogP contribution in [0.5, 0.6) is 0 Å². The van der Waals surface area contributed by atoms with Crippen LogP contribution in [0.4, 0.5) is 17.1 Å². The van der Waals surface area contributed by atoms with Crippen LogP contribution in [0.25, 0.3) is 82.5 Å². The van der Waals surface area contributed by atoms with E-state index < -0.39 is 0 Å². The van der Waals surface area contributed by atoms with Gasteiger partial charge in [-0.15, -0.1) is 0 Å². The zero-order chi connectivity index (χ0) is 36.3. The first-order valence-electron chi connectivity index (χ1n) is 18.8. The van der Waals surface area contributed by atoms with E-state index in [1.165, 1.54) is 44.1 Å². The van der Waals surface area contributed by atoms with Gasteiger partial charge in [0.25, 0.3) is 0 Å². The Kier molecular flexibility index (Phi) is 7.17. The molecule has 0 aliphatic rings. The van der Waals surface area contributed by atoms with Gasteiger partial charge in [0.15, 0.2) is 0 Å². The number of furan rings is 1. The van der Waals surface area contributed by atoms with Gasteiger partial charge in [-0.25, -0.2) is 0 Å².